The van der Waals surface area contributed by atoms with E-state index < -0.39 is 0 Å². The molecule has 0 unspecified atom stereocenters. The van der Waals surface area contributed by atoms with E-state index in [4.69, 9.17) is 5.84 Å². The third-order valence-electron chi connectivity index (χ3n) is 1.06. The van der Waals surface area contributed by atoms with Gasteiger partial charge in [-0.05, 0) is 0 Å². The van der Waals surface area contributed by atoms with Crippen molar-refractivity contribution in [3.05, 3.63) is 0 Å². The van der Waals surface area contributed by atoms with Crippen LogP contribution in [0.5, 0.6) is 0 Å². The van der Waals surface area contributed by atoms with E-state index in [1.54, 1.807) is 7.05 Å². The highest BCUT2D eigenvalue weighted by Gasteiger charge is 2.15. The molecule has 10 heavy (non-hydrogen) atoms. The van der Waals surface area contributed by atoms with Crippen molar-refractivity contribution in [1.29, 1.82) is 0 Å². The van der Waals surface area contributed by atoms with Gasteiger partial charge in [0.1, 0.15) is 0 Å². The van der Waals surface area contributed by atoms with Crippen molar-refractivity contribution < 1.29 is 4.79 Å². The lowest BCUT2D eigenvalue weighted by atomic mass is 10.7. The molecular weight excluding hydrogens is 152 g/mol. The maximum Gasteiger partial charge on any atom is 0.252 e. The van der Waals surface area contributed by atoms with Crippen LogP contribution in [0.4, 0.5) is 0 Å². The van der Waals surface area contributed by atoms with E-state index in [1.165, 1.54) is 16.8 Å². The van der Waals surface area contributed by atoms with Gasteiger partial charge in [0, 0.05) is 7.05 Å². The van der Waals surface area contributed by atoms with E-state index in [1.807, 2.05) is 0 Å². The van der Waals surface area contributed by atoms with Crippen molar-refractivity contribution in [3.63, 3.8) is 0 Å². The van der Waals surface area contributed by atoms with Crippen molar-refractivity contribution in [2.75, 3.05) is 12.8 Å². The van der Waals surface area contributed by atoms with Crippen molar-refractivity contribution in [2.24, 2.45) is 10.9 Å². The molecular formula is C4H8N4OS. The molecule has 0 saturated heterocycles. The number of hydrogen-bond acceptors (Lipinski definition) is 5. The summed E-state index contributed by atoms with van der Waals surface area (Å²) in [6.07, 6.45) is 0. The molecule has 0 aliphatic carbocycles. The fourth-order valence-electron chi connectivity index (χ4n) is 0.515. The predicted octanol–water partition coefficient (Wildman–Crippen LogP) is -1.07. The molecule has 0 radical (unpaired) electrons. The molecule has 0 aromatic carbocycles. The largest absolute Gasteiger partial charge is 0.302 e. The third kappa shape index (κ3) is 1.39. The minimum absolute atomic E-state index is 0.0102. The molecule has 1 aliphatic rings. The Morgan fingerprint density at radius 2 is 2.60 bits per heavy atom. The van der Waals surface area contributed by atoms with Crippen LogP contribution >= 0.6 is 11.8 Å². The van der Waals surface area contributed by atoms with Gasteiger partial charge in [-0.2, -0.15) is 0 Å². The van der Waals surface area contributed by atoms with E-state index in [0.29, 0.717) is 10.9 Å². The van der Waals surface area contributed by atoms with Gasteiger partial charge in [0.05, 0.1) is 5.75 Å². The molecule has 0 bridgehead atoms. The van der Waals surface area contributed by atoms with E-state index in [9.17, 15) is 4.79 Å². The summed E-state index contributed by atoms with van der Waals surface area (Å²) in [5.41, 5.74) is 2.37. The van der Waals surface area contributed by atoms with Gasteiger partial charge in [-0.1, -0.05) is 11.8 Å². The first-order valence-corrected chi connectivity index (χ1v) is 3.67. The molecule has 1 rings (SSSR count). The number of thioether (sulfide) groups is 1. The van der Waals surface area contributed by atoms with Crippen LogP contribution in [0.1, 0.15) is 0 Å². The van der Waals surface area contributed by atoms with Crippen LogP contribution in [-0.2, 0) is 4.79 Å². The fourth-order valence-corrected chi connectivity index (χ4v) is 1.23. The molecule has 56 valence electrons. The lowest BCUT2D eigenvalue weighted by Crippen LogP contribution is -2.37. The standard InChI is InChI=1S/C4H8N4OS/c1-8-3(9)2-10-4(6-5)7-8/h2,5H2,1H3,(H,6,7). The van der Waals surface area contributed by atoms with Gasteiger partial charge >= 0.3 is 0 Å². The fraction of sp³-hybridized carbons (Fsp3) is 0.500. The number of carbonyl (C=O) groups excluding carboxylic acids is 1. The van der Waals surface area contributed by atoms with Gasteiger partial charge < -0.3 is 5.43 Å². The Kier molecular flexibility index (Phi) is 2.13. The Morgan fingerprint density at radius 1 is 1.90 bits per heavy atom. The highest BCUT2D eigenvalue weighted by Crippen LogP contribution is 2.09. The predicted molar refractivity (Wildman–Crippen MR) is 40.0 cm³/mol. The lowest BCUT2D eigenvalue weighted by Gasteiger charge is -2.17. The molecule has 0 aromatic heterocycles. The van der Waals surface area contributed by atoms with Crippen molar-refractivity contribution >= 4 is 22.8 Å². The average Bonchev–Trinajstić information content (AvgIpc) is 1.95. The first kappa shape index (κ1) is 7.36. The van der Waals surface area contributed by atoms with Crippen molar-refractivity contribution in [1.82, 2.24) is 10.4 Å². The molecule has 0 spiro atoms. The number of hydrogen-bond donors (Lipinski definition) is 2. The minimum atomic E-state index is -0.0102. The maximum atomic E-state index is 10.8. The molecule has 5 nitrogen and oxygen atoms in total. The lowest BCUT2D eigenvalue weighted by molar-refractivity contribution is -0.127. The van der Waals surface area contributed by atoms with E-state index in [0.717, 1.165) is 0 Å². The normalized spacial score (nSPS) is 18.8. The molecule has 0 atom stereocenters. The second-order valence-corrected chi connectivity index (χ2v) is 2.72. The van der Waals surface area contributed by atoms with Crippen LogP contribution in [0.3, 0.4) is 0 Å². The zero-order chi connectivity index (χ0) is 7.56. The van der Waals surface area contributed by atoms with Crippen LogP contribution in [0.2, 0.25) is 0 Å². The highest BCUT2D eigenvalue weighted by atomic mass is 32.2. The number of carbonyl (C=O) groups is 1. The average molecular weight is 160 g/mol. The Balaban J connectivity index is 2.65. The van der Waals surface area contributed by atoms with Crippen LogP contribution in [0, 0.1) is 0 Å². The summed E-state index contributed by atoms with van der Waals surface area (Å²) >= 11 is 1.30. The second-order valence-electron chi connectivity index (χ2n) is 1.76. The number of nitrogens with two attached hydrogens (primary N) is 1. The van der Waals surface area contributed by atoms with Crippen LogP contribution in [0.15, 0.2) is 5.10 Å². The van der Waals surface area contributed by atoms with Crippen LogP contribution in [-0.4, -0.2) is 28.9 Å². The first-order valence-electron chi connectivity index (χ1n) is 2.68. The number of amides is 1. The number of nitrogens with one attached hydrogen (secondary N) is 1. The van der Waals surface area contributed by atoms with E-state index in [2.05, 4.69) is 10.5 Å². The van der Waals surface area contributed by atoms with E-state index >= 15 is 0 Å². The molecule has 0 saturated carbocycles. The molecule has 1 amide bonds. The number of rotatable bonds is 0. The first-order chi connectivity index (χ1) is 4.74. The summed E-state index contributed by atoms with van der Waals surface area (Å²) in [4.78, 5) is 10.8. The van der Waals surface area contributed by atoms with Gasteiger partial charge in [-0.25, -0.2) is 10.9 Å². The Bertz CT molecular complexity index is 180. The minimum Gasteiger partial charge on any atom is -0.302 e. The Morgan fingerprint density at radius 3 is 3.10 bits per heavy atom. The Hall–Kier alpha value is -0.750. The number of hydrazone groups is 1. The number of hydrazine groups is 1. The van der Waals surface area contributed by atoms with Crippen LogP contribution in [0.25, 0.3) is 0 Å². The number of amidine groups is 1. The summed E-state index contributed by atoms with van der Waals surface area (Å²) in [7, 11) is 1.60. The summed E-state index contributed by atoms with van der Waals surface area (Å²) in [6, 6.07) is 0. The quantitative estimate of drug-likeness (QED) is 0.349. The SMILES string of the molecule is CN1N=C(NN)SCC1=O. The smallest absolute Gasteiger partial charge is 0.252 e. The van der Waals surface area contributed by atoms with Crippen molar-refractivity contribution in [3.8, 4) is 0 Å². The topological polar surface area (TPSA) is 70.7 Å². The molecule has 1 aliphatic heterocycles. The van der Waals surface area contributed by atoms with Gasteiger partial charge in [-0.15, -0.1) is 5.10 Å². The highest BCUT2D eigenvalue weighted by molar-refractivity contribution is 8.14. The monoisotopic (exact) mass is 160 g/mol. The van der Waals surface area contributed by atoms with Gasteiger partial charge in [0.25, 0.3) is 5.91 Å². The summed E-state index contributed by atoms with van der Waals surface area (Å²) < 4.78 is 0. The zero-order valence-electron chi connectivity index (χ0n) is 5.50. The molecule has 3 N–H and O–H groups in total. The van der Waals surface area contributed by atoms with Gasteiger partial charge in [-0.3, -0.25) is 4.79 Å². The third-order valence-corrected chi connectivity index (χ3v) is 1.92. The molecule has 0 aromatic rings. The second kappa shape index (κ2) is 2.89. The summed E-state index contributed by atoms with van der Waals surface area (Å²) in [5.74, 6) is 5.46. The molecule has 6 heteroatoms. The van der Waals surface area contributed by atoms with Gasteiger partial charge in [0.2, 0.25) is 0 Å². The summed E-state index contributed by atoms with van der Waals surface area (Å²) in [5, 5.41) is 5.65. The molecule has 1 heterocycles. The Labute approximate surface area is 62.6 Å². The zero-order valence-corrected chi connectivity index (χ0v) is 6.31. The summed E-state index contributed by atoms with van der Waals surface area (Å²) in [6.45, 7) is 0. The van der Waals surface area contributed by atoms with Gasteiger partial charge in [0.15, 0.2) is 5.17 Å². The molecule has 0 fully saturated rings. The van der Waals surface area contributed by atoms with Crippen molar-refractivity contribution in [2.45, 2.75) is 0 Å². The van der Waals surface area contributed by atoms with E-state index in [-0.39, 0.29) is 5.91 Å². The number of nitrogens with zero attached hydrogens (tertiary/aromatic N) is 2. The van der Waals surface area contributed by atoms with Crippen LogP contribution < -0.4 is 11.3 Å². The maximum absolute atomic E-state index is 10.8.